The van der Waals surface area contributed by atoms with E-state index in [4.69, 9.17) is 10.5 Å². The van der Waals surface area contributed by atoms with Crippen LogP contribution in [0.1, 0.15) is 26.3 Å². The van der Waals surface area contributed by atoms with Crippen LogP contribution in [0, 0.1) is 0 Å². The van der Waals surface area contributed by atoms with Gasteiger partial charge in [0.1, 0.15) is 5.75 Å². The van der Waals surface area contributed by atoms with Crippen molar-refractivity contribution in [3.63, 3.8) is 0 Å². The maximum Gasteiger partial charge on any atom is 0.336 e. The first-order valence-electron chi connectivity index (χ1n) is 7.29. The zero-order valence-corrected chi connectivity index (χ0v) is 13.0. The predicted octanol–water partition coefficient (Wildman–Crippen LogP) is 2.50. The first-order chi connectivity index (χ1) is 11.5. The van der Waals surface area contributed by atoms with Gasteiger partial charge in [-0.15, -0.1) is 0 Å². The lowest BCUT2D eigenvalue weighted by Crippen LogP contribution is -2.16. The predicted molar refractivity (Wildman–Crippen MR) is 89.5 cm³/mol. The summed E-state index contributed by atoms with van der Waals surface area (Å²) in [5.41, 5.74) is 6.98. The standard InChI is InChI=1S/C18H16N2O4/c1-24-16-13(17(19)21)7-6-12(18(22)23)14(16)10-20-9-8-11-4-2-3-5-15(11)20/h2-9H,10H2,1H3,(H2,19,21)(H,22,23). The number of methoxy groups -OCH3 is 1. The highest BCUT2D eigenvalue weighted by molar-refractivity contribution is 5.99. The molecule has 0 bridgehead atoms. The van der Waals surface area contributed by atoms with Gasteiger partial charge in [-0.1, -0.05) is 18.2 Å². The lowest BCUT2D eigenvalue weighted by atomic mass is 10.0. The van der Waals surface area contributed by atoms with Crippen molar-refractivity contribution in [3.05, 3.63) is 65.4 Å². The highest BCUT2D eigenvalue weighted by Crippen LogP contribution is 2.29. The second-order valence-electron chi connectivity index (χ2n) is 5.34. The molecule has 0 unspecified atom stereocenters. The molecule has 24 heavy (non-hydrogen) atoms. The third-order valence-corrected chi connectivity index (χ3v) is 3.97. The lowest BCUT2D eigenvalue weighted by molar-refractivity contribution is 0.0694. The number of hydrogen-bond acceptors (Lipinski definition) is 3. The smallest absolute Gasteiger partial charge is 0.336 e. The highest BCUT2D eigenvalue weighted by Gasteiger charge is 2.21. The van der Waals surface area contributed by atoms with E-state index in [9.17, 15) is 14.7 Å². The number of rotatable bonds is 5. The number of carbonyl (C=O) groups is 2. The van der Waals surface area contributed by atoms with E-state index in [1.54, 1.807) is 0 Å². The van der Waals surface area contributed by atoms with Gasteiger partial charge >= 0.3 is 5.97 Å². The highest BCUT2D eigenvalue weighted by atomic mass is 16.5. The van der Waals surface area contributed by atoms with Crippen LogP contribution in [0.25, 0.3) is 10.9 Å². The van der Waals surface area contributed by atoms with E-state index in [-0.39, 0.29) is 23.4 Å². The number of benzene rings is 2. The number of primary amides is 1. The van der Waals surface area contributed by atoms with Crippen molar-refractivity contribution in [2.45, 2.75) is 6.54 Å². The molecule has 2 aromatic carbocycles. The molecule has 3 rings (SSSR count). The Bertz CT molecular complexity index is 943. The topological polar surface area (TPSA) is 94.6 Å². The van der Waals surface area contributed by atoms with Gasteiger partial charge in [-0.2, -0.15) is 0 Å². The Morgan fingerprint density at radius 1 is 1.12 bits per heavy atom. The fourth-order valence-corrected chi connectivity index (χ4v) is 2.86. The molecular weight excluding hydrogens is 308 g/mol. The minimum atomic E-state index is -1.09. The molecule has 3 aromatic rings. The number of ether oxygens (including phenoxy) is 1. The van der Waals surface area contributed by atoms with Crippen molar-refractivity contribution in [2.75, 3.05) is 7.11 Å². The van der Waals surface area contributed by atoms with E-state index in [0.29, 0.717) is 5.56 Å². The van der Waals surface area contributed by atoms with Crippen LogP contribution in [0.4, 0.5) is 0 Å². The summed E-state index contributed by atoms with van der Waals surface area (Å²) in [5, 5.41) is 10.5. The summed E-state index contributed by atoms with van der Waals surface area (Å²) in [6, 6.07) is 12.5. The van der Waals surface area contributed by atoms with Crippen molar-refractivity contribution < 1.29 is 19.4 Å². The molecule has 0 saturated heterocycles. The number of fused-ring (bicyclic) bond motifs is 1. The molecule has 0 atom stereocenters. The Labute approximate surface area is 138 Å². The first kappa shape index (κ1) is 15.6. The quantitative estimate of drug-likeness (QED) is 0.754. The van der Waals surface area contributed by atoms with Crippen LogP contribution >= 0.6 is 0 Å². The average Bonchev–Trinajstić information content (AvgIpc) is 2.97. The number of carboxylic acid groups (broad SMARTS) is 1. The summed E-state index contributed by atoms with van der Waals surface area (Å²) in [5.74, 6) is -1.56. The molecule has 1 heterocycles. The van der Waals surface area contributed by atoms with Crippen LogP contribution in [0.3, 0.4) is 0 Å². The summed E-state index contributed by atoms with van der Waals surface area (Å²) in [6.07, 6.45) is 1.87. The lowest BCUT2D eigenvalue weighted by Gasteiger charge is -2.16. The third-order valence-electron chi connectivity index (χ3n) is 3.97. The third kappa shape index (κ3) is 2.58. The van der Waals surface area contributed by atoms with Gasteiger partial charge < -0.3 is 20.1 Å². The molecular formula is C18H16N2O4. The Morgan fingerprint density at radius 2 is 1.83 bits per heavy atom. The Hall–Kier alpha value is -3.28. The summed E-state index contributed by atoms with van der Waals surface area (Å²) in [6.45, 7) is 0.249. The van der Waals surface area contributed by atoms with Crippen LogP contribution in [-0.4, -0.2) is 28.7 Å². The van der Waals surface area contributed by atoms with E-state index in [2.05, 4.69) is 0 Å². The van der Waals surface area contributed by atoms with Crippen molar-refractivity contribution in [1.29, 1.82) is 0 Å². The monoisotopic (exact) mass is 324 g/mol. The molecule has 1 aromatic heterocycles. The van der Waals surface area contributed by atoms with Gasteiger partial charge in [-0.25, -0.2) is 4.79 Å². The molecule has 0 fully saturated rings. The molecule has 6 heteroatoms. The summed E-state index contributed by atoms with van der Waals surface area (Å²) in [4.78, 5) is 23.2. The molecule has 3 N–H and O–H groups in total. The molecule has 0 aliphatic carbocycles. The number of aromatic nitrogens is 1. The summed E-state index contributed by atoms with van der Waals surface area (Å²) in [7, 11) is 1.39. The number of aromatic carboxylic acids is 1. The normalized spacial score (nSPS) is 10.7. The summed E-state index contributed by atoms with van der Waals surface area (Å²) < 4.78 is 7.22. The van der Waals surface area contributed by atoms with Gasteiger partial charge in [0.25, 0.3) is 5.91 Å². The Balaban J connectivity index is 2.19. The SMILES string of the molecule is COc1c(C(N)=O)ccc(C(=O)O)c1Cn1ccc2ccccc21. The average molecular weight is 324 g/mol. The number of carboxylic acids is 1. The van der Waals surface area contributed by atoms with E-state index in [1.807, 2.05) is 41.1 Å². The molecule has 0 aliphatic rings. The molecule has 122 valence electrons. The van der Waals surface area contributed by atoms with Gasteiger partial charge in [0, 0.05) is 17.3 Å². The van der Waals surface area contributed by atoms with E-state index in [1.165, 1.54) is 19.2 Å². The zero-order valence-electron chi connectivity index (χ0n) is 13.0. The minimum absolute atomic E-state index is 0.0784. The number of amides is 1. The number of nitrogens with two attached hydrogens (primary N) is 1. The number of nitrogens with zero attached hydrogens (tertiary/aromatic N) is 1. The van der Waals surface area contributed by atoms with Gasteiger partial charge in [0.15, 0.2) is 0 Å². The van der Waals surface area contributed by atoms with Crippen LogP contribution < -0.4 is 10.5 Å². The van der Waals surface area contributed by atoms with E-state index >= 15 is 0 Å². The van der Waals surface area contributed by atoms with Crippen molar-refractivity contribution >= 4 is 22.8 Å². The van der Waals surface area contributed by atoms with Crippen LogP contribution in [-0.2, 0) is 6.54 Å². The molecule has 0 spiro atoms. The van der Waals surface area contributed by atoms with Gasteiger partial charge in [0.05, 0.1) is 24.8 Å². The fraction of sp³-hybridized carbons (Fsp3) is 0.111. The Morgan fingerprint density at radius 3 is 2.50 bits per heavy atom. The van der Waals surface area contributed by atoms with E-state index in [0.717, 1.165) is 10.9 Å². The second-order valence-corrected chi connectivity index (χ2v) is 5.34. The maximum absolute atomic E-state index is 11.6. The minimum Gasteiger partial charge on any atom is -0.496 e. The molecule has 6 nitrogen and oxygen atoms in total. The van der Waals surface area contributed by atoms with Crippen LogP contribution in [0.15, 0.2) is 48.7 Å². The number of para-hydroxylation sites is 1. The van der Waals surface area contributed by atoms with Gasteiger partial charge in [0.2, 0.25) is 0 Å². The molecule has 0 saturated carbocycles. The van der Waals surface area contributed by atoms with E-state index < -0.39 is 11.9 Å². The van der Waals surface area contributed by atoms with Gasteiger partial charge in [-0.3, -0.25) is 4.79 Å². The van der Waals surface area contributed by atoms with Crippen molar-refractivity contribution in [2.24, 2.45) is 5.73 Å². The molecule has 0 radical (unpaired) electrons. The molecule has 0 aliphatic heterocycles. The zero-order chi connectivity index (χ0) is 17.3. The van der Waals surface area contributed by atoms with Crippen LogP contribution in [0.2, 0.25) is 0 Å². The molecule has 1 amide bonds. The second kappa shape index (κ2) is 6.08. The fourth-order valence-electron chi connectivity index (χ4n) is 2.86. The van der Waals surface area contributed by atoms with Crippen LogP contribution in [0.5, 0.6) is 5.75 Å². The Kier molecular flexibility index (Phi) is 3.95. The van der Waals surface area contributed by atoms with Crippen molar-refractivity contribution in [3.8, 4) is 5.75 Å². The maximum atomic E-state index is 11.6. The van der Waals surface area contributed by atoms with Gasteiger partial charge in [-0.05, 0) is 29.7 Å². The summed E-state index contributed by atoms with van der Waals surface area (Å²) >= 11 is 0. The largest absolute Gasteiger partial charge is 0.496 e. The number of hydrogen-bond donors (Lipinski definition) is 2. The first-order valence-corrected chi connectivity index (χ1v) is 7.29. The van der Waals surface area contributed by atoms with Crippen molar-refractivity contribution in [1.82, 2.24) is 4.57 Å². The number of carbonyl (C=O) groups excluding carboxylic acids is 1.